The van der Waals surface area contributed by atoms with Gasteiger partial charge in [0.15, 0.2) is 0 Å². The number of hydrogen-bond donors (Lipinski definition) is 0. The predicted octanol–water partition coefficient (Wildman–Crippen LogP) is 4.07. The number of hydrogen-bond acceptors (Lipinski definition) is 1. The van der Waals surface area contributed by atoms with Gasteiger partial charge in [-0.3, -0.25) is 0 Å². The molecule has 6 heteroatoms. The highest BCUT2D eigenvalue weighted by Gasteiger charge is 2.07. The predicted molar refractivity (Wildman–Crippen MR) is 45.2 cm³/mol. The topological polar surface area (TPSA) is 48.8 Å². The zero-order valence-corrected chi connectivity index (χ0v) is 7.14. The lowest BCUT2D eigenvalue weighted by Crippen LogP contribution is -1.77. The van der Waals surface area contributed by atoms with Gasteiger partial charge in [0.1, 0.15) is 5.82 Å². The first-order valence-corrected chi connectivity index (χ1v) is 3.61. The van der Waals surface area contributed by atoms with Gasteiger partial charge < -0.3 is 0 Å². The molecule has 0 N–H and O–H groups in total. The third kappa shape index (κ3) is 1.61. The fourth-order valence-corrected chi connectivity index (χ4v) is 0.992. The van der Waals surface area contributed by atoms with Crippen LogP contribution in [0.3, 0.4) is 0 Å². The fraction of sp³-hybridized carbons (Fsp3) is 0. The van der Waals surface area contributed by atoms with E-state index in [-0.39, 0.29) is 15.7 Å². The van der Waals surface area contributed by atoms with Crippen LogP contribution in [0.4, 0.5) is 10.1 Å². The Morgan fingerprint density at radius 2 is 2.00 bits per heavy atom. The van der Waals surface area contributed by atoms with Crippen LogP contribution in [0.2, 0.25) is 10.0 Å². The molecular weight excluding hydrogens is 204 g/mol. The van der Waals surface area contributed by atoms with Gasteiger partial charge in [0, 0.05) is 4.91 Å². The molecule has 0 radical (unpaired) electrons. The molecule has 0 aromatic heterocycles. The quantitative estimate of drug-likeness (QED) is 0.287. The molecule has 0 fully saturated rings. The second-order valence-corrected chi connectivity index (χ2v) is 2.64. The maximum Gasteiger partial charge on any atom is 0.143 e. The largest absolute Gasteiger partial charge is 0.205 e. The smallest absolute Gasteiger partial charge is 0.143 e. The van der Waals surface area contributed by atoms with Gasteiger partial charge in [-0.1, -0.05) is 28.3 Å². The standard InChI is InChI=1S/C6H2Cl2FN3/c7-5-3(9)1-2-4(6(5)8)11-12-10/h1-2H. The molecule has 0 aliphatic rings. The molecule has 0 spiro atoms. The Bertz CT molecular complexity index is 360. The Morgan fingerprint density at radius 3 is 2.58 bits per heavy atom. The van der Waals surface area contributed by atoms with E-state index in [4.69, 9.17) is 28.7 Å². The van der Waals surface area contributed by atoms with Crippen molar-refractivity contribution in [2.45, 2.75) is 0 Å². The van der Waals surface area contributed by atoms with E-state index in [0.29, 0.717) is 0 Å². The van der Waals surface area contributed by atoms with Gasteiger partial charge in [0.2, 0.25) is 0 Å². The van der Waals surface area contributed by atoms with Crippen molar-refractivity contribution in [2.75, 3.05) is 0 Å². The number of azide groups is 1. The molecule has 0 saturated carbocycles. The lowest BCUT2D eigenvalue weighted by Gasteiger charge is -1.99. The molecule has 0 saturated heterocycles. The van der Waals surface area contributed by atoms with Gasteiger partial charge >= 0.3 is 0 Å². The van der Waals surface area contributed by atoms with E-state index in [2.05, 4.69) is 10.0 Å². The van der Waals surface area contributed by atoms with Crippen LogP contribution in [0, 0.1) is 5.82 Å². The lowest BCUT2D eigenvalue weighted by atomic mass is 10.3. The SMILES string of the molecule is [N-]=[N+]=Nc1ccc(F)c(Cl)c1Cl. The zero-order valence-electron chi connectivity index (χ0n) is 5.63. The Morgan fingerprint density at radius 1 is 1.33 bits per heavy atom. The van der Waals surface area contributed by atoms with Gasteiger partial charge in [0.05, 0.1) is 15.7 Å². The Balaban J connectivity index is 3.35. The van der Waals surface area contributed by atoms with Crippen molar-refractivity contribution in [3.05, 3.63) is 38.4 Å². The minimum Gasteiger partial charge on any atom is -0.205 e. The molecule has 1 rings (SSSR count). The molecule has 1 aromatic carbocycles. The highest BCUT2D eigenvalue weighted by molar-refractivity contribution is 6.43. The van der Waals surface area contributed by atoms with Crippen molar-refractivity contribution in [1.29, 1.82) is 0 Å². The van der Waals surface area contributed by atoms with Gasteiger partial charge in [-0.15, -0.1) is 0 Å². The second-order valence-electron chi connectivity index (χ2n) is 1.88. The highest BCUT2D eigenvalue weighted by atomic mass is 35.5. The van der Waals surface area contributed by atoms with Crippen LogP contribution < -0.4 is 0 Å². The van der Waals surface area contributed by atoms with Gasteiger partial charge in [-0.05, 0) is 17.7 Å². The van der Waals surface area contributed by atoms with Crippen LogP contribution in [0.1, 0.15) is 0 Å². The summed E-state index contributed by atoms with van der Waals surface area (Å²) in [6.45, 7) is 0. The molecule has 0 aliphatic carbocycles. The van der Waals surface area contributed by atoms with E-state index >= 15 is 0 Å². The first-order valence-electron chi connectivity index (χ1n) is 2.85. The van der Waals surface area contributed by atoms with Crippen molar-refractivity contribution in [3.63, 3.8) is 0 Å². The molecule has 0 heterocycles. The summed E-state index contributed by atoms with van der Waals surface area (Å²) in [6.07, 6.45) is 0. The molecular formula is C6H2Cl2FN3. The average molecular weight is 206 g/mol. The van der Waals surface area contributed by atoms with Crippen LogP contribution in [0.25, 0.3) is 10.4 Å². The first kappa shape index (κ1) is 9.13. The van der Waals surface area contributed by atoms with Crippen molar-refractivity contribution in [2.24, 2.45) is 5.11 Å². The third-order valence-corrected chi connectivity index (χ3v) is 2.02. The Kier molecular flexibility index (Phi) is 2.76. The van der Waals surface area contributed by atoms with Gasteiger partial charge in [0.25, 0.3) is 0 Å². The Hall–Kier alpha value is -0.960. The normalized spacial score (nSPS) is 9.25. The summed E-state index contributed by atoms with van der Waals surface area (Å²) in [5.41, 5.74) is 8.18. The monoisotopic (exact) mass is 205 g/mol. The zero-order chi connectivity index (χ0) is 9.14. The molecule has 3 nitrogen and oxygen atoms in total. The van der Waals surface area contributed by atoms with E-state index < -0.39 is 5.82 Å². The Labute approximate surface area is 77.3 Å². The minimum absolute atomic E-state index is 0.0746. The maximum atomic E-state index is 12.6. The molecule has 0 atom stereocenters. The highest BCUT2D eigenvalue weighted by Crippen LogP contribution is 2.33. The number of halogens is 3. The number of rotatable bonds is 1. The summed E-state index contributed by atoms with van der Waals surface area (Å²) < 4.78 is 12.6. The third-order valence-electron chi connectivity index (χ3n) is 1.17. The van der Waals surface area contributed by atoms with Crippen LogP contribution in [0.15, 0.2) is 17.2 Å². The summed E-state index contributed by atoms with van der Waals surface area (Å²) in [4.78, 5) is 2.50. The fourth-order valence-electron chi connectivity index (χ4n) is 0.641. The number of nitrogens with zero attached hydrogens (tertiary/aromatic N) is 3. The van der Waals surface area contributed by atoms with Crippen LogP contribution in [0.5, 0.6) is 0 Å². The molecule has 0 aliphatic heterocycles. The maximum absolute atomic E-state index is 12.6. The number of benzene rings is 1. The van der Waals surface area contributed by atoms with Crippen LogP contribution in [-0.2, 0) is 0 Å². The molecule has 0 unspecified atom stereocenters. The van der Waals surface area contributed by atoms with Crippen molar-refractivity contribution >= 4 is 28.9 Å². The van der Waals surface area contributed by atoms with Crippen LogP contribution >= 0.6 is 23.2 Å². The molecule has 0 amide bonds. The summed E-state index contributed by atoms with van der Waals surface area (Å²) in [7, 11) is 0. The van der Waals surface area contributed by atoms with E-state index in [1.165, 1.54) is 6.07 Å². The van der Waals surface area contributed by atoms with Crippen molar-refractivity contribution < 1.29 is 4.39 Å². The summed E-state index contributed by atoms with van der Waals surface area (Å²) in [5.74, 6) is -0.640. The van der Waals surface area contributed by atoms with Crippen molar-refractivity contribution in [3.8, 4) is 0 Å². The van der Waals surface area contributed by atoms with Gasteiger partial charge in [-0.2, -0.15) is 0 Å². The molecule has 62 valence electrons. The van der Waals surface area contributed by atoms with Crippen molar-refractivity contribution in [1.82, 2.24) is 0 Å². The van der Waals surface area contributed by atoms with E-state index in [1.54, 1.807) is 0 Å². The summed E-state index contributed by atoms with van der Waals surface area (Å²) in [6, 6.07) is 2.33. The first-order chi connectivity index (χ1) is 5.66. The summed E-state index contributed by atoms with van der Waals surface area (Å²) >= 11 is 11.0. The molecule has 12 heavy (non-hydrogen) atoms. The van der Waals surface area contributed by atoms with Crippen LogP contribution in [-0.4, -0.2) is 0 Å². The van der Waals surface area contributed by atoms with E-state index in [9.17, 15) is 4.39 Å². The lowest BCUT2D eigenvalue weighted by molar-refractivity contribution is 0.628. The molecule has 0 bridgehead atoms. The average Bonchev–Trinajstić information content (AvgIpc) is 2.07. The minimum atomic E-state index is -0.640. The second kappa shape index (κ2) is 3.63. The molecule has 1 aromatic rings. The van der Waals surface area contributed by atoms with E-state index in [0.717, 1.165) is 6.07 Å². The van der Waals surface area contributed by atoms with Gasteiger partial charge in [-0.25, -0.2) is 4.39 Å². The summed E-state index contributed by atoms with van der Waals surface area (Å²) in [5, 5.41) is 2.90. The van der Waals surface area contributed by atoms with E-state index in [1.807, 2.05) is 0 Å².